The van der Waals surface area contributed by atoms with Gasteiger partial charge in [0.2, 0.25) is 0 Å². The van der Waals surface area contributed by atoms with Crippen molar-refractivity contribution in [3.63, 3.8) is 0 Å². The van der Waals surface area contributed by atoms with Crippen molar-refractivity contribution in [1.29, 1.82) is 0 Å². The molecule has 0 aliphatic carbocycles. The van der Waals surface area contributed by atoms with Crippen molar-refractivity contribution >= 4 is 5.69 Å². The summed E-state index contributed by atoms with van der Waals surface area (Å²) in [7, 11) is 0. The van der Waals surface area contributed by atoms with Crippen LogP contribution in [0.5, 0.6) is 0 Å². The lowest BCUT2D eigenvalue weighted by Crippen LogP contribution is -2.30. The van der Waals surface area contributed by atoms with Crippen LogP contribution in [0.2, 0.25) is 0 Å². The number of nitro groups is 1. The summed E-state index contributed by atoms with van der Waals surface area (Å²) in [5, 5.41) is 22.0. The van der Waals surface area contributed by atoms with Crippen LogP contribution in [0.1, 0.15) is 11.6 Å². The number of hydrogen-bond acceptors (Lipinski definition) is 6. The molecule has 0 saturated heterocycles. The van der Waals surface area contributed by atoms with Gasteiger partial charge in [-0.2, -0.15) is 4.91 Å². The first kappa shape index (κ1) is 12.2. The van der Waals surface area contributed by atoms with Gasteiger partial charge in [-0.15, -0.1) is 0 Å². The molecule has 0 aromatic heterocycles. The summed E-state index contributed by atoms with van der Waals surface area (Å²) in [4.78, 5) is 20.4. The zero-order valence-corrected chi connectivity index (χ0v) is 8.31. The van der Waals surface area contributed by atoms with Gasteiger partial charge < -0.3 is 10.8 Å². The minimum Gasteiger partial charge on any atom is -0.395 e. The molecule has 2 atom stereocenters. The number of rotatable bonds is 5. The maximum absolute atomic E-state index is 10.5. The lowest BCUT2D eigenvalue weighted by molar-refractivity contribution is -0.384. The van der Waals surface area contributed by atoms with Crippen LogP contribution in [-0.4, -0.2) is 22.7 Å². The summed E-state index contributed by atoms with van der Waals surface area (Å²) >= 11 is 0. The van der Waals surface area contributed by atoms with E-state index in [-0.39, 0.29) is 12.3 Å². The van der Waals surface area contributed by atoms with E-state index in [1.807, 2.05) is 0 Å². The molecule has 1 rings (SSSR count). The number of nitroso groups, excluding NO2 is 1. The molecule has 0 aliphatic rings. The molecule has 0 radical (unpaired) electrons. The van der Waals surface area contributed by atoms with Crippen molar-refractivity contribution in [2.45, 2.75) is 12.1 Å². The highest BCUT2D eigenvalue weighted by atomic mass is 16.6. The predicted octanol–water partition coefficient (Wildman–Crippen LogP) is 0.722. The van der Waals surface area contributed by atoms with Crippen LogP contribution in [0.15, 0.2) is 29.4 Å². The molecule has 0 heterocycles. The van der Waals surface area contributed by atoms with Crippen molar-refractivity contribution in [3.8, 4) is 0 Å². The van der Waals surface area contributed by atoms with Crippen LogP contribution in [0.4, 0.5) is 5.69 Å². The Labute approximate surface area is 91.0 Å². The lowest BCUT2D eigenvalue weighted by atomic mass is 10.0. The fraction of sp³-hybridized carbons (Fsp3) is 0.333. The van der Waals surface area contributed by atoms with Gasteiger partial charge in [0.25, 0.3) is 5.69 Å². The minimum absolute atomic E-state index is 0.0778. The van der Waals surface area contributed by atoms with E-state index in [1.54, 1.807) is 0 Å². The first-order valence-corrected chi connectivity index (χ1v) is 4.53. The second-order valence-electron chi connectivity index (χ2n) is 3.25. The molecule has 1 aromatic carbocycles. The summed E-state index contributed by atoms with van der Waals surface area (Å²) in [5.41, 5.74) is 5.85. The number of aliphatic hydroxyl groups is 1. The summed E-state index contributed by atoms with van der Waals surface area (Å²) in [6.07, 6.45) is 0. The van der Waals surface area contributed by atoms with Crippen molar-refractivity contribution in [1.82, 2.24) is 0 Å². The molecule has 7 heteroatoms. The molecule has 0 bridgehead atoms. The van der Waals surface area contributed by atoms with Crippen molar-refractivity contribution in [3.05, 3.63) is 44.9 Å². The topological polar surface area (TPSA) is 119 Å². The van der Waals surface area contributed by atoms with E-state index < -0.39 is 17.0 Å². The monoisotopic (exact) mass is 225 g/mol. The van der Waals surface area contributed by atoms with Gasteiger partial charge in [-0.1, -0.05) is 5.18 Å². The van der Waals surface area contributed by atoms with E-state index in [9.17, 15) is 15.0 Å². The normalized spacial score (nSPS) is 14.1. The number of nitrogens with two attached hydrogens (primary N) is 1. The van der Waals surface area contributed by atoms with Crippen LogP contribution >= 0.6 is 0 Å². The highest BCUT2D eigenvalue weighted by molar-refractivity contribution is 5.34. The molecule has 16 heavy (non-hydrogen) atoms. The number of nitrogens with zero attached hydrogens (tertiary/aromatic N) is 2. The third kappa shape index (κ3) is 2.59. The zero-order chi connectivity index (χ0) is 12.1. The summed E-state index contributed by atoms with van der Waals surface area (Å²) in [6, 6.07) is 3.62. The van der Waals surface area contributed by atoms with Gasteiger partial charge in [0.15, 0.2) is 0 Å². The zero-order valence-electron chi connectivity index (χ0n) is 8.31. The number of aliphatic hydroxyl groups excluding tert-OH is 1. The Morgan fingerprint density at radius 3 is 2.38 bits per heavy atom. The Morgan fingerprint density at radius 2 is 2.00 bits per heavy atom. The van der Waals surface area contributed by atoms with Crippen LogP contribution in [0.25, 0.3) is 0 Å². The first-order valence-electron chi connectivity index (χ1n) is 4.53. The maximum atomic E-state index is 10.5. The first-order chi connectivity index (χ1) is 7.60. The van der Waals surface area contributed by atoms with Crippen molar-refractivity contribution in [2.24, 2.45) is 10.9 Å². The summed E-state index contributed by atoms with van der Waals surface area (Å²) in [5.74, 6) is 0. The Kier molecular flexibility index (Phi) is 4.03. The molecular formula is C9H11N3O4. The van der Waals surface area contributed by atoms with Crippen LogP contribution in [-0.2, 0) is 0 Å². The molecule has 0 aliphatic heterocycles. The average molecular weight is 225 g/mol. The molecule has 0 saturated carbocycles. The van der Waals surface area contributed by atoms with Gasteiger partial charge in [-0.3, -0.25) is 10.1 Å². The van der Waals surface area contributed by atoms with Crippen LogP contribution < -0.4 is 5.73 Å². The molecular weight excluding hydrogens is 214 g/mol. The molecule has 0 amide bonds. The van der Waals surface area contributed by atoms with E-state index in [4.69, 9.17) is 10.8 Å². The molecule has 3 N–H and O–H groups in total. The van der Waals surface area contributed by atoms with Gasteiger partial charge in [-0.05, 0) is 17.7 Å². The summed E-state index contributed by atoms with van der Waals surface area (Å²) in [6.45, 7) is -0.382. The van der Waals surface area contributed by atoms with Crippen molar-refractivity contribution in [2.75, 3.05) is 6.61 Å². The Morgan fingerprint density at radius 1 is 1.44 bits per heavy atom. The molecule has 0 fully saturated rings. The Hall–Kier alpha value is -1.86. The summed E-state index contributed by atoms with van der Waals surface area (Å²) < 4.78 is 0. The molecule has 1 aromatic rings. The second-order valence-corrected chi connectivity index (χ2v) is 3.25. The smallest absolute Gasteiger partial charge is 0.269 e. The number of nitro benzene ring substituents is 1. The van der Waals surface area contributed by atoms with Crippen molar-refractivity contribution < 1.29 is 10.0 Å². The lowest BCUT2D eigenvalue weighted by Gasteiger charge is -2.14. The van der Waals surface area contributed by atoms with Gasteiger partial charge in [0, 0.05) is 12.1 Å². The van der Waals surface area contributed by atoms with Gasteiger partial charge >= 0.3 is 0 Å². The number of hydrogen-bond donors (Lipinski definition) is 2. The quantitative estimate of drug-likeness (QED) is 0.434. The van der Waals surface area contributed by atoms with Crippen LogP contribution in [0, 0.1) is 15.0 Å². The average Bonchev–Trinajstić information content (AvgIpc) is 2.30. The number of non-ortho nitro benzene ring substituents is 1. The molecule has 86 valence electrons. The second kappa shape index (κ2) is 5.29. The fourth-order valence-corrected chi connectivity index (χ4v) is 1.28. The minimum atomic E-state index is -0.897. The molecule has 0 spiro atoms. The standard InChI is InChI=1S/C9H11N3O4/c10-8(5-13)9(11-14)6-1-3-7(4-2-6)12(15)16/h1-4,8-9,13H,5,10H2. The van der Waals surface area contributed by atoms with Crippen LogP contribution in [0.3, 0.4) is 0 Å². The Bertz CT molecular complexity index is 379. The molecule has 2 unspecified atom stereocenters. The van der Waals surface area contributed by atoms with E-state index in [0.717, 1.165) is 0 Å². The van der Waals surface area contributed by atoms with E-state index in [1.165, 1.54) is 24.3 Å². The largest absolute Gasteiger partial charge is 0.395 e. The SMILES string of the molecule is NC(CO)C(N=O)c1ccc([N+](=O)[O-])cc1. The van der Waals surface area contributed by atoms with E-state index in [2.05, 4.69) is 5.18 Å². The highest BCUT2D eigenvalue weighted by Crippen LogP contribution is 2.22. The fourth-order valence-electron chi connectivity index (χ4n) is 1.28. The van der Waals surface area contributed by atoms with Gasteiger partial charge in [0.1, 0.15) is 6.04 Å². The van der Waals surface area contributed by atoms with E-state index in [0.29, 0.717) is 5.56 Å². The maximum Gasteiger partial charge on any atom is 0.269 e. The van der Waals surface area contributed by atoms with Gasteiger partial charge in [0.05, 0.1) is 17.6 Å². The third-order valence-corrected chi connectivity index (χ3v) is 2.18. The third-order valence-electron chi connectivity index (χ3n) is 2.18. The predicted molar refractivity (Wildman–Crippen MR) is 56.7 cm³/mol. The molecule has 7 nitrogen and oxygen atoms in total. The highest BCUT2D eigenvalue weighted by Gasteiger charge is 2.20. The Balaban J connectivity index is 2.95. The van der Waals surface area contributed by atoms with E-state index >= 15 is 0 Å². The number of benzene rings is 1. The van der Waals surface area contributed by atoms with Gasteiger partial charge in [-0.25, -0.2) is 0 Å².